The minimum Gasteiger partial charge on any atom is -0.256 e. The van der Waals surface area contributed by atoms with Crippen LogP contribution >= 0.6 is 0 Å². The van der Waals surface area contributed by atoms with E-state index in [1.54, 1.807) is 0 Å². The van der Waals surface area contributed by atoms with Crippen molar-refractivity contribution in [1.29, 1.82) is 0 Å². The van der Waals surface area contributed by atoms with E-state index < -0.39 is 0 Å². The smallest absolute Gasteiger partial charge is 0.0715 e. The highest BCUT2D eigenvalue weighted by Gasteiger charge is 2.08. The van der Waals surface area contributed by atoms with E-state index in [1.807, 2.05) is 12.3 Å². The number of nitrogens with zero attached hydrogens (tertiary/aromatic N) is 2. The molecular formula is C26H16N2. The molecule has 130 valence electrons. The van der Waals surface area contributed by atoms with Crippen molar-refractivity contribution in [2.75, 3.05) is 0 Å². The first-order valence-corrected chi connectivity index (χ1v) is 9.42. The molecule has 0 saturated heterocycles. The number of pyridine rings is 2. The highest BCUT2D eigenvalue weighted by atomic mass is 14.7. The van der Waals surface area contributed by atoms with Crippen molar-refractivity contribution >= 4 is 43.4 Å². The van der Waals surface area contributed by atoms with Gasteiger partial charge in [0.2, 0.25) is 0 Å². The lowest BCUT2D eigenvalue weighted by Crippen LogP contribution is -1.90. The molecule has 1 aliphatic carbocycles. The summed E-state index contributed by atoms with van der Waals surface area (Å²) in [6.07, 6.45) is 1.83. The van der Waals surface area contributed by atoms with Crippen LogP contribution in [0.3, 0.4) is 0 Å². The number of hydrogen-bond acceptors (Lipinski definition) is 2. The molecule has 2 nitrogen and oxygen atoms in total. The minimum atomic E-state index is 1.06. The predicted octanol–water partition coefficient (Wildman–Crippen LogP) is 6.76. The molecule has 2 heteroatoms. The first-order chi connectivity index (χ1) is 13.8. The molecule has 3 aliphatic heterocycles. The molecule has 0 saturated carbocycles. The maximum Gasteiger partial charge on any atom is 0.0715 e. The largest absolute Gasteiger partial charge is 0.256 e. The van der Waals surface area contributed by atoms with Crippen LogP contribution in [0.25, 0.3) is 54.6 Å². The quantitative estimate of drug-likeness (QED) is 0.281. The Bertz CT molecular complexity index is 1350. The average Bonchev–Trinajstić information content (AvgIpc) is 2.74. The highest BCUT2D eigenvalue weighted by Crippen LogP contribution is 2.31. The Morgan fingerprint density at radius 3 is 2.07 bits per heavy atom. The third-order valence-corrected chi connectivity index (χ3v) is 5.41. The van der Waals surface area contributed by atoms with E-state index in [1.165, 1.54) is 37.9 Å². The van der Waals surface area contributed by atoms with Crippen LogP contribution < -0.4 is 0 Å². The molecule has 10 rings (SSSR count). The summed E-state index contributed by atoms with van der Waals surface area (Å²) in [5.74, 6) is 0. The fourth-order valence-electron chi connectivity index (χ4n) is 3.95. The summed E-state index contributed by atoms with van der Waals surface area (Å²) in [6, 6.07) is 31.9. The molecule has 6 aromatic rings. The van der Waals surface area contributed by atoms with E-state index in [0.29, 0.717) is 0 Å². The Morgan fingerprint density at radius 1 is 0.464 bits per heavy atom. The molecule has 5 heterocycles. The van der Waals surface area contributed by atoms with Crippen molar-refractivity contribution in [3.63, 3.8) is 0 Å². The van der Waals surface area contributed by atoms with Crippen LogP contribution in [0.5, 0.6) is 0 Å². The van der Waals surface area contributed by atoms with E-state index in [2.05, 4.69) is 94.9 Å². The number of fused-ring (bicyclic) bond motifs is 4. The second-order valence-corrected chi connectivity index (χ2v) is 7.20. The van der Waals surface area contributed by atoms with Crippen molar-refractivity contribution < 1.29 is 0 Å². The molecule has 0 radical (unpaired) electrons. The zero-order chi connectivity index (χ0) is 18.5. The van der Waals surface area contributed by atoms with Gasteiger partial charge in [-0.1, -0.05) is 48.5 Å². The van der Waals surface area contributed by atoms with Gasteiger partial charge in [0, 0.05) is 22.5 Å². The summed E-state index contributed by atoms with van der Waals surface area (Å²) in [7, 11) is 0. The van der Waals surface area contributed by atoms with Gasteiger partial charge in [-0.15, -0.1) is 0 Å². The van der Waals surface area contributed by atoms with Gasteiger partial charge in [-0.2, -0.15) is 0 Å². The van der Waals surface area contributed by atoms with Crippen molar-refractivity contribution in [2.45, 2.75) is 0 Å². The SMILES string of the molecule is c1cc2cc3nc4ccc3cc2cc1-4.c1ccc2cc3ncccc3cc2c1. The van der Waals surface area contributed by atoms with Gasteiger partial charge in [0.25, 0.3) is 0 Å². The Morgan fingerprint density at radius 2 is 1.14 bits per heavy atom. The van der Waals surface area contributed by atoms with Gasteiger partial charge in [0.15, 0.2) is 0 Å². The number of aromatic nitrogens is 2. The molecule has 0 amide bonds. The Hall–Kier alpha value is -3.78. The van der Waals surface area contributed by atoms with Gasteiger partial charge >= 0.3 is 0 Å². The normalized spacial score (nSPS) is 11.6. The fraction of sp³-hybridized carbons (Fsp3) is 0. The van der Waals surface area contributed by atoms with Crippen LogP contribution in [0.1, 0.15) is 0 Å². The standard InChI is InChI=1S/C13H7N.C13H9N/c1-2-9-5-11-6-10-3-4-12(9)14-13(10)7-8(1)11;1-2-5-11-9-13-12(6-3-7-14-13)8-10(11)4-1/h1-7H;1-9H. The van der Waals surface area contributed by atoms with E-state index in [4.69, 9.17) is 0 Å². The summed E-state index contributed by atoms with van der Waals surface area (Å²) in [4.78, 5) is 8.94. The van der Waals surface area contributed by atoms with Gasteiger partial charge in [0.1, 0.15) is 0 Å². The van der Waals surface area contributed by atoms with E-state index >= 15 is 0 Å². The summed E-state index contributed by atoms with van der Waals surface area (Å²) in [5.41, 5.74) is 4.48. The van der Waals surface area contributed by atoms with Crippen molar-refractivity contribution in [3.8, 4) is 11.3 Å². The van der Waals surface area contributed by atoms with Crippen LogP contribution in [-0.4, -0.2) is 9.97 Å². The molecule has 0 spiro atoms. The zero-order valence-electron chi connectivity index (χ0n) is 15.1. The third kappa shape index (κ3) is 2.43. The number of benzene rings is 4. The van der Waals surface area contributed by atoms with Crippen LogP contribution in [0, 0.1) is 0 Å². The molecule has 6 bridgehead atoms. The van der Waals surface area contributed by atoms with E-state index in [-0.39, 0.29) is 0 Å². The molecule has 0 fully saturated rings. The first kappa shape index (κ1) is 15.3. The maximum absolute atomic E-state index is 4.61. The van der Waals surface area contributed by atoms with Crippen LogP contribution in [-0.2, 0) is 0 Å². The molecular weight excluding hydrogens is 340 g/mol. The summed E-state index contributed by atoms with van der Waals surface area (Å²) < 4.78 is 0. The predicted molar refractivity (Wildman–Crippen MR) is 117 cm³/mol. The van der Waals surface area contributed by atoms with Gasteiger partial charge in [-0.05, 0) is 64.0 Å². The molecule has 0 N–H and O–H groups in total. The molecule has 0 atom stereocenters. The van der Waals surface area contributed by atoms with Gasteiger partial charge in [-0.3, -0.25) is 4.98 Å². The van der Waals surface area contributed by atoms with Crippen LogP contribution in [0.2, 0.25) is 0 Å². The fourth-order valence-corrected chi connectivity index (χ4v) is 3.95. The summed E-state index contributed by atoms with van der Waals surface area (Å²) in [5, 5.41) is 7.56. The van der Waals surface area contributed by atoms with Gasteiger partial charge < -0.3 is 0 Å². The summed E-state index contributed by atoms with van der Waals surface area (Å²) in [6.45, 7) is 0. The topological polar surface area (TPSA) is 25.8 Å². The molecule has 0 unspecified atom stereocenters. The average molecular weight is 356 g/mol. The number of hydrogen-bond donors (Lipinski definition) is 0. The van der Waals surface area contributed by atoms with Gasteiger partial charge in [0.05, 0.1) is 16.7 Å². The van der Waals surface area contributed by atoms with Crippen molar-refractivity contribution in [1.82, 2.24) is 9.97 Å². The Balaban J connectivity index is 0.000000111. The molecule has 4 aliphatic rings. The second kappa shape index (κ2) is 5.86. The molecule has 4 aromatic carbocycles. The van der Waals surface area contributed by atoms with E-state index in [9.17, 15) is 0 Å². The molecule has 28 heavy (non-hydrogen) atoms. The van der Waals surface area contributed by atoms with Crippen molar-refractivity contribution in [2.24, 2.45) is 0 Å². The van der Waals surface area contributed by atoms with E-state index in [0.717, 1.165) is 16.7 Å². The maximum atomic E-state index is 4.61. The highest BCUT2D eigenvalue weighted by molar-refractivity contribution is 6.00. The second-order valence-electron chi connectivity index (χ2n) is 7.20. The number of rotatable bonds is 0. The lowest BCUT2D eigenvalue weighted by molar-refractivity contribution is 1.40. The Labute approximate surface area is 162 Å². The lowest BCUT2D eigenvalue weighted by Gasteiger charge is -2.11. The van der Waals surface area contributed by atoms with Gasteiger partial charge in [-0.25, -0.2) is 4.98 Å². The monoisotopic (exact) mass is 356 g/mol. The minimum absolute atomic E-state index is 1.06. The first-order valence-electron chi connectivity index (χ1n) is 9.42. The Kier molecular flexibility index (Phi) is 3.20. The zero-order valence-corrected chi connectivity index (χ0v) is 15.1. The summed E-state index contributed by atoms with van der Waals surface area (Å²) >= 11 is 0. The van der Waals surface area contributed by atoms with Crippen LogP contribution in [0.4, 0.5) is 0 Å². The lowest BCUT2D eigenvalue weighted by atomic mass is 9.99. The third-order valence-electron chi connectivity index (χ3n) is 5.41. The van der Waals surface area contributed by atoms with Crippen LogP contribution in [0.15, 0.2) is 97.2 Å². The van der Waals surface area contributed by atoms with Crippen molar-refractivity contribution in [3.05, 3.63) is 97.2 Å². The molecule has 2 aromatic heterocycles.